The molecule has 0 bridgehead atoms. The van der Waals surface area contributed by atoms with Crippen molar-refractivity contribution < 1.29 is 4.39 Å². The van der Waals surface area contributed by atoms with Crippen LogP contribution in [0.25, 0.3) is 0 Å². The van der Waals surface area contributed by atoms with Crippen LogP contribution in [0.5, 0.6) is 0 Å². The van der Waals surface area contributed by atoms with Crippen molar-refractivity contribution in [1.29, 1.82) is 0 Å². The Morgan fingerprint density at radius 2 is 1.81 bits per heavy atom. The zero-order chi connectivity index (χ0) is 15.4. The van der Waals surface area contributed by atoms with Gasteiger partial charge in [-0.15, -0.1) is 0 Å². The summed E-state index contributed by atoms with van der Waals surface area (Å²) in [5.74, 6) is -0.218. The molecule has 0 aliphatic carbocycles. The van der Waals surface area contributed by atoms with Crippen molar-refractivity contribution in [1.82, 2.24) is 0 Å². The Balaban J connectivity index is 2.35. The van der Waals surface area contributed by atoms with Crippen LogP contribution < -0.4 is 10.6 Å². The summed E-state index contributed by atoms with van der Waals surface area (Å²) in [5, 5.41) is 0. The van der Waals surface area contributed by atoms with Crippen LogP contribution in [0.15, 0.2) is 42.5 Å². The van der Waals surface area contributed by atoms with E-state index in [2.05, 4.69) is 36.9 Å². The number of benzene rings is 2. The van der Waals surface area contributed by atoms with E-state index in [0.717, 1.165) is 24.2 Å². The Bertz CT molecular complexity index is 593. The van der Waals surface area contributed by atoms with Crippen molar-refractivity contribution in [2.45, 2.75) is 32.7 Å². The Morgan fingerprint density at radius 3 is 2.43 bits per heavy atom. The van der Waals surface area contributed by atoms with Crippen LogP contribution in [0.1, 0.15) is 24.5 Å². The van der Waals surface area contributed by atoms with Crippen LogP contribution in [0.3, 0.4) is 0 Å². The van der Waals surface area contributed by atoms with Gasteiger partial charge in [-0.05, 0) is 55.7 Å². The number of halogens is 1. The second-order valence-electron chi connectivity index (χ2n) is 5.54. The van der Waals surface area contributed by atoms with E-state index in [1.54, 1.807) is 12.1 Å². The minimum Gasteiger partial charge on any atom is -0.344 e. The molecule has 0 amide bonds. The first kappa shape index (κ1) is 15.5. The molecule has 112 valence electrons. The fourth-order valence-electron chi connectivity index (χ4n) is 2.44. The number of aryl methyl sites for hydroxylation is 1. The summed E-state index contributed by atoms with van der Waals surface area (Å²) >= 11 is 0. The number of hydrogen-bond acceptors (Lipinski definition) is 2. The third kappa shape index (κ3) is 3.82. The van der Waals surface area contributed by atoms with Gasteiger partial charge < -0.3 is 10.6 Å². The van der Waals surface area contributed by atoms with E-state index >= 15 is 0 Å². The number of nitrogens with zero attached hydrogens (tertiary/aromatic N) is 1. The topological polar surface area (TPSA) is 29.3 Å². The first-order chi connectivity index (χ1) is 10.0. The molecular weight excluding hydrogens is 263 g/mol. The summed E-state index contributed by atoms with van der Waals surface area (Å²) in [6, 6.07) is 13.1. The molecule has 0 radical (unpaired) electrons. The van der Waals surface area contributed by atoms with Crippen LogP contribution in [-0.2, 0) is 6.42 Å². The van der Waals surface area contributed by atoms with Gasteiger partial charge in [0.1, 0.15) is 5.82 Å². The first-order valence-corrected chi connectivity index (χ1v) is 7.35. The molecule has 0 spiro atoms. The third-order valence-corrected chi connectivity index (χ3v) is 3.82. The summed E-state index contributed by atoms with van der Waals surface area (Å²) in [5.41, 5.74) is 10.7. The monoisotopic (exact) mass is 286 g/mol. The number of hydrogen-bond donors (Lipinski definition) is 1. The van der Waals surface area contributed by atoms with Crippen LogP contribution in [0, 0.1) is 12.7 Å². The van der Waals surface area contributed by atoms with E-state index in [1.165, 1.54) is 23.3 Å². The molecule has 2 aromatic carbocycles. The average molecular weight is 286 g/mol. The van der Waals surface area contributed by atoms with Crippen molar-refractivity contribution >= 4 is 11.4 Å². The second kappa shape index (κ2) is 6.72. The molecule has 21 heavy (non-hydrogen) atoms. The smallest absolute Gasteiger partial charge is 0.123 e. The predicted molar refractivity (Wildman–Crippen MR) is 87.6 cm³/mol. The molecule has 0 aliphatic heterocycles. The molecule has 0 saturated carbocycles. The number of anilines is 2. The molecule has 0 heterocycles. The van der Waals surface area contributed by atoms with Crippen LogP contribution >= 0.6 is 0 Å². The highest BCUT2D eigenvalue weighted by Crippen LogP contribution is 2.29. The van der Waals surface area contributed by atoms with E-state index < -0.39 is 0 Å². The number of rotatable bonds is 5. The van der Waals surface area contributed by atoms with Gasteiger partial charge in [0.2, 0.25) is 0 Å². The van der Waals surface area contributed by atoms with Gasteiger partial charge in [-0.1, -0.05) is 24.6 Å². The third-order valence-electron chi connectivity index (χ3n) is 3.82. The molecule has 1 atom stereocenters. The van der Waals surface area contributed by atoms with Gasteiger partial charge in [0.05, 0.1) is 0 Å². The van der Waals surface area contributed by atoms with E-state index in [-0.39, 0.29) is 11.9 Å². The summed E-state index contributed by atoms with van der Waals surface area (Å²) in [6.45, 7) is 4.19. The maximum absolute atomic E-state index is 13.1. The van der Waals surface area contributed by atoms with E-state index in [1.807, 2.05) is 7.05 Å². The summed E-state index contributed by atoms with van der Waals surface area (Å²) in [6.07, 6.45) is 1.80. The van der Waals surface area contributed by atoms with Crippen LogP contribution in [0.4, 0.5) is 15.8 Å². The van der Waals surface area contributed by atoms with Crippen molar-refractivity contribution in [2.75, 3.05) is 11.9 Å². The van der Waals surface area contributed by atoms with Crippen molar-refractivity contribution in [3.05, 3.63) is 59.4 Å². The van der Waals surface area contributed by atoms with Crippen molar-refractivity contribution in [3.63, 3.8) is 0 Å². The van der Waals surface area contributed by atoms with Crippen LogP contribution in [-0.4, -0.2) is 13.1 Å². The lowest BCUT2D eigenvalue weighted by Gasteiger charge is -2.24. The molecule has 3 heteroatoms. The fraction of sp³-hybridized carbons (Fsp3) is 0.333. The van der Waals surface area contributed by atoms with Gasteiger partial charge in [0.15, 0.2) is 0 Å². The fourth-order valence-corrected chi connectivity index (χ4v) is 2.44. The Morgan fingerprint density at radius 1 is 1.14 bits per heavy atom. The molecule has 1 unspecified atom stereocenters. The molecule has 0 saturated heterocycles. The molecule has 2 nitrogen and oxygen atoms in total. The van der Waals surface area contributed by atoms with E-state index in [9.17, 15) is 4.39 Å². The summed E-state index contributed by atoms with van der Waals surface area (Å²) in [4.78, 5) is 2.08. The lowest BCUT2D eigenvalue weighted by Crippen LogP contribution is -2.23. The van der Waals surface area contributed by atoms with E-state index in [4.69, 9.17) is 5.73 Å². The molecule has 2 rings (SSSR count). The SMILES string of the molecule is CCC(N)Cc1cc(C)ccc1N(C)c1ccc(F)cc1. The average Bonchev–Trinajstić information content (AvgIpc) is 2.47. The maximum Gasteiger partial charge on any atom is 0.123 e. The minimum atomic E-state index is -0.218. The zero-order valence-electron chi connectivity index (χ0n) is 12.9. The van der Waals surface area contributed by atoms with Gasteiger partial charge in [-0.3, -0.25) is 0 Å². The van der Waals surface area contributed by atoms with Gasteiger partial charge in [-0.25, -0.2) is 4.39 Å². The molecule has 0 aliphatic rings. The molecule has 2 aromatic rings. The molecular formula is C18H23FN2. The van der Waals surface area contributed by atoms with Gasteiger partial charge in [-0.2, -0.15) is 0 Å². The van der Waals surface area contributed by atoms with Gasteiger partial charge in [0.25, 0.3) is 0 Å². The van der Waals surface area contributed by atoms with Crippen molar-refractivity contribution in [3.8, 4) is 0 Å². The summed E-state index contributed by atoms with van der Waals surface area (Å²) < 4.78 is 13.1. The van der Waals surface area contributed by atoms with Crippen LogP contribution in [0.2, 0.25) is 0 Å². The predicted octanol–water partition coefficient (Wildman–Crippen LogP) is 4.18. The Labute approximate surface area is 126 Å². The lowest BCUT2D eigenvalue weighted by molar-refractivity contribution is 0.628. The molecule has 0 fully saturated rings. The first-order valence-electron chi connectivity index (χ1n) is 7.35. The Kier molecular flexibility index (Phi) is 4.97. The minimum absolute atomic E-state index is 0.159. The second-order valence-corrected chi connectivity index (χ2v) is 5.54. The highest BCUT2D eigenvalue weighted by Gasteiger charge is 2.12. The number of nitrogens with two attached hydrogens (primary N) is 1. The molecule has 0 aromatic heterocycles. The highest BCUT2D eigenvalue weighted by molar-refractivity contribution is 5.66. The lowest BCUT2D eigenvalue weighted by atomic mass is 10.00. The largest absolute Gasteiger partial charge is 0.344 e. The van der Waals surface area contributed by atoms with E-state index in [0.29, 0.717) is 0 Å². The Hall–Kier alpha value is -1.87. The standard InChI is InChI=1S/C18H23FN2/c1-4-16(20)12-14-11-13(2)5-10-18(14)21(3)17-8-6-15(19)7-9-17/h5-11,16H,4,12,20H2,1-3H3. The summed E-state index contributed by atoms with van der Waals surface area (Å²) in [7, 11) is 2.00. The quantitative estimate of drug-likeness (QED) is 0.893. The highest BCUT2D eigenvalue weighted by atomic mass is 19.1. The zero-order valence-corrected chi connectivity index (χ0v) is 12.9. The molecule has 2 N–H and O–H groups in total. The van der Waals surface area contributed by atoms with Crippen molar-refractivity contribution in [2.24, 2.45) is 5.73 Å². The van der Waals surface area contributed by atoms with Gasteiger partial charge in [0, 0.05) is 24.5 Å². The normalized spacial score (nSPS) is 12.2. The van der Waals surface area contributed by atoms with Gasteiger partial charge >= 0.3 is 0 Å². The maximum atomic E-state index is 13.1.